The maximum atomic E-state index is 11.3. The molecule has 132 valence electrons. The molecule has 2 unspecified atom stereocenters. The third-order valence-electron chi connectivity index (χ3n) is 4.94. The first kappa shape index (κ1) is 20.2. The van der Waals surface area contributed by atoms with Crippen molar-refractivity contribution in [1.82, 2.24) is 0 Å². The molecule has 23 heavy (non-hydrogen) atoms. The fourth-order valence-electron chi connectivity index (χ4n) is 2.74. The number of allylic oxidation sites excluding steroid dienone is 6. The third-order valence-corrected chi connectivity index (χ3v) is 5.90. The van der Waals surface area contributed by atoms with E-state index in [-0.39, 0.29) is 22.2 Å². The first-order chi connectivity index (χ1) is 10.2. The van der Waals surface area contributed by atoms with Crippen LogP contribution < -0.4 is 0 Å². The molecule has 0 amide bonds. The van der Waals surface area contributed by atoms with Gasteiger partial charge in [0.25, 0.3) is 10.1 Å². The molecule has 2 atom stereocenters. The molecule has 1 rings (SSSR count). The molecule has 4 heteroatoms. The predicted octanol–water partition coefficient (Wildman–Crippen LogP) is 5.38. The van der Waals surface area contributed by atoms with Crippen molar-refractivity contribution in [2.24, 2.45) is 22.7 Å². The summed E-state index contributed by atoms with van der Waals surface area (Å²) in [7, 11) is -4.11. The minimum atomic E-state index is -4.11. The first-order valence-electron chi connectivity index (χ1n) is 8.27. The molecule has 1 N–H and O–H groups in total. The number of hydrogen-bond acceptors (Lipinski definition) is 2. The van der Waals surface area contributed by atoms with Crippen LogP contribution in [0.2, 0.25) is 0 Å². The van der Waals surface area contributed by atoms with Crippen LogP contribution in [0.1, 0.15) is 61.3 Å². The Balaban J connectivity index is 3.19. The molecule has 1 aliphatic rings. The minimum Gasteiger partial charge on any atom is -0.282 e. The summed E-state index contributed by atoms with van der Waals surface area (Å²) >= 11 is 0. The summed E-state index contributed by atoms with van der Waals surface area (Å²) in [6, 6.07) is 0. The highest BCUT2D eigenvalue weighted by atomic mass is 32.2. The van der Waals surface area contributed by atoms with E-state index in [1.54, 1.807) is 6.08 Å². The summed E-state index contributed by atoms with van der Waals surface area (Å²) in [4.78, 5) is 0.0558. The molecule has 0 fully saturated rings. The molecule has 0 aliphatic heterocycles. The average Bonchev–Trinajstić information content (AvgIpc) is 2.57. The summed E-state index contributed by atoms with van der Waals surface area (Å²) in [6.45, 7) is 15.7. The minimum absolute atomic E-state index is 0.0558. The topological polar surface area (TPSA) is 54.4 Å². The Morgan fingerprint density at radius 2 is 1.65 bits per heavy atom. The molecule has 0 saturated heterocycles. The second-order valence-electron chi connectivity index (χ2n) is 8.80. The van der Waals surface area contributed by atoms with Crippen LogP contribution in [-0.4, -0.2) is 13.0 Å². The van der Waals surface area contributed by atoms with Gasteiger partial charge in [-0.3, -0.25) is 4.55 Å². The fraction of sp³-hybridized carbons (Fsp3) is 0.684. The molecule has 1 aliphatic carbocycles. The van der Waals surface area contributed by atoms with Crippen LogP contribution in [0, 0.1) is 22.7 Å². The molecule has 0 aromatic heterocycles. The second-order valence-corrected chi connectivity index (χ2v) is 10.3. The fourth-order valence-corrected chi connectivity index (χ4v) is 3.29. The maximum Gasteiger partial charge on any atom is 0.290 e. The van der Waals surface area contributed by atoms with Crippen LogP contribution in [0.4, 0.5) is 0 Å². The highest BCUT2D eigenvalue weighted by Gasteiger charge is 2.32. The van der Waals surface area contributed by atoms with E-state index in [0.717, 1.165) is 12.0 Å². The monoisotopic (exact) mass is 340 g/mol. The summed E-state index contributed by atoms with van der Waals surface area (Å²) in [5, 5.41) is 0. The predicted molar refractivity (Wildman–Crippen MR) is 97.7 cm³/mol. The van der Waals surface area contributed by atoms with Crippen molar-refractivity contribution in [2.45, 2.75) is 61.3 Å². The van der Waals surface area contributed by atoms with E-state index in [0.29, 0.717) is 11.8 Å². The second kappa shape index (κ2) is 6.94. The Labute approximate surface area is 142 Å². The lowest BCUT2D eigenvalue weighted by Crippen LogP contribution is -2.28. The molecule has 0 aromatic rings. The van der Waals surface area contributed by atoms with Crippen LogP contribution in [0.5, 0.6) is 0 Å². The van der Waals surface area contributed by atoms with Crippen molar-refractivity contribution in [3.8, 4) is 0 Å². The lowest BCUT2D eigenvalue weighted by Gasteiger charge is -2.38. The summed E-state index contributed by atoms with van der Waals surface area (Å²) in [6.07, 6.45) is 8.53. The Morgan fingerprint density at radius 3 is 2.09 bits per heavy atom. The van der Waals surface area contributed by atoms with Gasteiger partial charge in [0.05, 0.1) is 4.91 Å². The van der Waals surface area contributed by atoms with Gasteiger partial charge in [0, 0.05) is 6.42 Å². The Hall–Kier alpha value is -0.870. The average molecular weight is 341 g/mol. The lowest BCUT2D eigenvalue weighted by molar-refractivity contribution is 0.169. The zero-order chi connectivity index (χ0) is 18.1. The van der Waals surface area contributed by atoms with Gasteiger partial charge in [0.2, 0.25) is 0 Å². The molecule has 0 aromatic carbocycles. The standard InChI is InChI=1S/C19H32O3S/c1-14(18(2,3)4)13-17(19(5,6)7)15-9-8-10-16(12-11-15)23(20,21)22/h8-9,11-12,14,17H,10,13H2,1-7H3,(H,20,21,22). The number of rotatable bonds is 4. The van der Waals surface area contributed by atoms with E-state index >= 15 is 0 Å². The van der Waals surface area contributed by atoms with Gasteiger partial charge in [-0.1, -0.05) is 66.7 Å². The molecular formula is C19H32O3S. The van der Waals surface area contributed by atoms with Gasteiger partial charge < -0.3 is 0 Å². The quantitative estimate of drug-likeness (QED) is 0.699. The van der Waals surface area contributed by atoms with Crippen molar-refractivity contribution in [3.63, 3.8) is 0 Å². The van der Waals surface area contributed by atoms with Gasteiger partial charge >= 0.3 is 0 Å². The summed E-state index contributed by atoms with van der Waals surface area (Å²) in [5.74, 6) is 0.860. The molecule has 0 bridgehead atoms. The highest BCUT2D eigenvalue weighted by molar-refractivity contribution is 7.89. The van der Waals surface area contributed by atoms with E-state index in [2.05, 4.69) is 48.5 Å². The van der Waals surface area contributed by atoms with Gasteiger partial charge in [-0.05, 0) is 40.7 Å². The van der Waals surface area contributed by atoms with E-state index in [4.69, 9.17) is 0 Å². The van der Waals surface area contributed by atoms with Crippen molar-refractivity contribution >= 4 is 10.1 Å². The molecule has 0 saturated carbocycles. The molecular weight excluding hydrogens is 308 g/mol. The Bertz CT molecular complexity index is 608. The van der Waals surface area contributed by atoms with Crippen LogP contribution in [-0.2, 0) is 10.1 Å². The van der Waals surface area contributed by atoms with E-state index < -0.39 is 10.1 Å². The smallest absolute Gasteiger partial charge is 0.282 e. The summed E-state index contributed by atoms with van der Waals surface area (Å²) < 4.78 is 31.9. The summed E-state index contributed by atoms with van der Waals surface area (Å²) in [5.41, 5.74) is 1.44. The van der Waals surface area contributed by atoms with Crippen molar-refractivity contribution in [2.75, 3.05) is 0 Å². The molecule has 0 heterocycles. The normalized spacial score (nSPS) is 19.7. The zero-order valence-corrected chi connectivity index (χ0v) is 16.4. The van der Waals surface area contributed by atoms with Crippen molar-refractivity contribution < 1.29 is 13.0 Å². The van der Waals surface area contributed by atoms with E-state index in [9.17, 15) is 13.0 Å². The third kappa shape index (κ3) is 5.92. The van der Waals surface area contributed by atoms with Gasteiger partial charge in [0.1, 0.15) is 0 Å². The SMILES string of the molecule is CC(CC(C1=CC=C(S(=O)(=O)O)CC=C1)C(C)(C)C)C(C)(C)C. The zero-order valence-electron chi connectivity index (χ0n) is 15.6. The number of hydrogen-bond donors (Lipinski definition) is 1. The van der Waals surface area contributed by atoms with Crippen molar-refractivity contribution in [3.05, 3.63) is 34.8 Å². The van der Waals surface area contributed by atoms with Crippen LogP contribution in [0.3, 0.4) is 0 Å². The first-order valence-corrected chi connectivity index (χ1v) is 9.71. The lowest BCUT2D eigenvalue weighted by atomic mass is 9.67. The van der Waals surface area contributed by atoms with Gasteiger partial charge in [-0.2, -0.15) is 8.42 Å². The van der Waals surface area contributed by atoms with E-state index in [1.165, 1.54) is 0 Å². The van der Waals surface area contributed by atoms with Crippen LogP contribution in [0.25, 0.3) is 0 Å². The highest BCUT2D eigenvalue weighted by Crippen LogP contribution is 2.42. The van der Waals surface area contributed by atoms with E-state index in [1.807, 2.05) is 18.2 Å². The molecule has 0 spiro atoms. The Morgan fingerprint density at radius 1 is 1.09 bits per heavy atom. The maximum absolute atomic E-state index is 11.3. The molecule has 3 nitrogen and oxygen atoms in total. The Kier molecular flexibility index (Phi) is 6.09. The van der Waals surface area contributed by atoms with Crippen LogP contribution >= 0.6 is 0 Å². The largest absolute Gasteiger partial charge is 0.290 e. The van der Waals surface area contributed by atoms with Gasteiger partial charge in [0.15, 0.2) is 0 Å². The van der Waals surface area contributed by atoms with Crippen LogP contribution in [0.15, 0.2) is 34.8 Å². The van der Waals surface area contributed by atoms with Gasteiger partial charge in [-0.15, -0.1) is 0 Å². The molecule has 0 radical (unpaired) electrons. The van der Waals surface area contributed by atoms with Crippen molar-refractivity contribution in [1.29, 1.82) is 0 Å². The van der Waals surface area contributed by atoms with Gasteiger partial charge in [-0.25, -0.2) is 0 Å².